The number of carboxylic acids is 1. The van der Waals surface area contributed by atoms with Crippen molar-refractivity contribution in [2.75, 3.05) is 6.54 Å². The van der Waals surface area contributed by atoms with Gasteiger partial charge in [-0.2, -0.15) is 4.31 Å². The average Bonchev–Trinajstić information content (AvgIpc) is 2.70. The van der Waals surface area contributed by atoms with Crippen LogP contribution in [-0.2, 0) is 21.4 Å². The molecule has 2 aromatic rings. The fraction of sp³-hybridized carbons (Fsp3) is 0.409. The molecule has 5 nitrogen and oxygen atoms in total. The van der Waals surface area contributed by atoms with E-state index in [1.54, 1.807) is 36.4 Å². The molecule has 29 heavy (non-hydrogen) atoms. The van der Waals surface area contributed by atoms with Gasteiger partial charge in [0, 0.05) is 18.1 Å². The third-order valence-corrected chi connectivity index (χ3v) is 7.67. The van der Waals surface area contributed by atoms with Crippen LogP contribution in [0.25, 0.3) is 0 Å². The van der Waals surface area contributed by atoms with Gasteiger partial charge in [-0.05, 0) is 68.4 Å². The van der Waals surface area contributed by atoms with E-state index in [4.69, 9.17) is 11.6 Å². The molecule has 0 heterocycles. The minimum atomic E-state index is -3.67. The zero-order valence-corrected chi connectivity index (χ0v) is 18.0. The molecule has 2 aromatic carbocycles. The van der Waals surface area contributed by atoms with Crippen LogP contribution < -0.4 is 0 Å². The molecule has 1 fully saturated rings. The zero-order valence-electron chi connectivity index (χ0n) is 16.4. The summed E-state index contributed by atoms with van der Waals surface area (Å²) in [6, 6.07) is 14.1. The Morgan fingerprint density at radius 3 is 2.17 bits per heavy atom. The molecule has 0 aromatic heterocycles. The van der Waals surface area contributed by atoms with Crippen LogP contribution in [0.4, 0.5) is 0 Å². The van der Waals surface area contributed by atoms with Crippen molar-refractivity contribution in [3.63, 3.8) is 0 Å². The lowest BCUT2D eigenvalue weighted by molar-refractivity contribution is -0.143. The number of carbonyl (C=O) groups is 1. The summed E-state index contributed by atoms with van der Waals surface area (Å²) in [5, 5.41) is 9.81. The Bertz CT molecular complexity index is 934. The van der Waals surface area contributed by atoms with E-state index in [1.807, 2.05) is 19.1 Å². The van der Waals surface area contributed by atoms with Gasteiger partial charge in [-0.3, -0.25) is 4.79 Å². The Labute approximate surface area is 177 Å². The summed E-state index contributed by atoms with van der Waals surface area (Å²) in [7, 11) is -3.67. The molecule has 0 saturated heterocycles. The molecule has 3 rings (SSSR count). The standard InChI is InChI=1S/C22H26ClNO4S/c1-16-2-12-21(13-3-16)29(27,28)24(15-18-6-10-20(23)11-7-18)14-17-4-8-19(9-5-17)22(25)26/h2-3,6-7,10-13,17,19H,4-5,8-9,14-15H2,1H3,(H,25,26). The average molecular weight is 436 g/mol. The third-order valence-electron chi connectivity index (χ3n) is 5.59. The normalized spacial score (nSPS) is 20.0. The summed E-state index contributed by atoms with van der Waals surface area (Å²) < 4.78 is 28.3. The topological polar surface area (TPSA) is 74.7 Å². The van der Waals surface area contributed by atoms with Crippen molar-refractivity contribution in [1.29, 1.82) is 0 Å². The van der Waals surface area contributed by atoms with Gasteiger partial charge in [-0.1, -0.05) is 41.4 Å². The molecule has 1 aliphatic carbocycles. The molecule has 0 bridgehead atoms. The van der Waals surface area contributed by atoms with Crippen molar-refractivity contribution in [2.45, 2.75) is 44.0 Å². The van der Waals surface area contributed by atoms with E-state index in [0.717, 1.165) is 24.0 Å². The maximum absolute atomic E-state index is 13.4. The number of hydrogen-bond donors (Lipinski definition) is 1. The fourth-order valence-corrected chi connectivity index (χ4v) is 5.41. The molecule has 156 valence electrons. The first-order valence-corrected chi connectivity index (χ1v) is 11.6. The van der Waals surface area contributed by atoms with E-state index >= 15 is 0 Å². The minimum Gasteiger partial charge on any atom is -0.481 e. The molecule has 0 spiro atoms. The van der Waals surface area contributed by atoms with Gasteiger partial charge in [0.05, 0.1) is 10.8 Å². The molecule has 1 saturated carbocycles. The molecular formula is C22H26ClNO4S. The van der Waals surface area contributed by atoms with Crippen LogP contribution in [0.3, 0.4) is 0 Å². The number of sulfonamides is 1. The van der Waals surface area contributed by atoms with Crippen molar-refractivity contribution in [3.8, 4) is 0 Å². The van der Waals surface area contributed by atoms with Crippen molar-refractivity contribution in [2.24, 2.45) is 11.8 Å². The van der Waals surface area contributed by atoms with Crippen LogP contribution in [0.15, 0.2) is 53.4 Å². The highest BCUT2D eigenvalue weighted by atomic mass is 35.5. The van der Waals surface area contributed by atoms with E-state index in [1.165, 1.54) is 4.31 Å². The maximum atomic E-state index is 13.4. The Hall–Kier alpha value is -1.89. The quantitative estimate of drug-likeness (QED) is 0.682. The van der Waals surface area contributed by atoms with Gasteiger partial charge in [-0.15, -0.1) is 0 Å². The predicted molar refractivity (Wildman–Crippen MR) is 113 cm³/mol. The summed E-state index contributed by atoms with van der Waals surface area (Å²) in [5.41, 5.74) is 1.87. The molecular weight excluding hydrogens is 410 g/mol. The van der Waals surface area contributed by atoms with Gasteiger partial charge in [0.2, 0.25) is 10.0 Å². The Kier molecular flexibility index (Phi) is 6.98. The second-order valence-electron chi connectivity index (χ2n) is 7.79. The van der Waals surface area contributed by atoms with Gasteiger partial charge in [0.1, 0.15) is 0 Å². The maximum Gasteiger partial charge on any atom is 0.306 e. The van der Waals surface area contributed by atoms with E-state index in [0.29, 0.717) is 24.4 Å². The second kappa shape index (κ2) is 9.28. The first-order chi connectivity index (χ1) is 13.8. The first-order valence-electron chi connectivity index (χ1n) is 9.80. The summed E-state index contributed by atoms with van der Waals surface area (Å²) in [6.07, 6.45) is 2.63. The van der Waals surface area contributed by atoms with E-state index in [9.17, 15) is 18.3 Å². The lowest BCUT2D eigenvalue weighted by Gasteiger charge is -2.31. The molecule has 0 unspecified atom stereocenters. The van der Waals surface area contributed by atoms with Crippen LogP contribution >= 0.6 is 11.6 Å². The van der Waals surface area contributed by atoms with Crippen molar-refractivity contribution in [1.82, 2.24) is 4.31 Å². The highest BCUT2D eigenvalue weighted by Gasteiger charge is 2.31. The monoisotopic (exact) mass is 435 g/mol. The lowest BCUT2D eigenvalue weighted by atomic mass is 9.82. The SMILES string of the molecule is Cc1ccc(S(=O)(=O)N(Cc2ccc(Cl)cc2)CC2CCC(C(=O)O)CC2)cc1. The second-order valence-corrected chi connectivity index (χ2v) is 10.2. The summed E-state index contributed by atoms with van der Waals surface area (Å²) in [4.78, 5) is 11.5. The summed E-state index contributed by atoms with van der Waals surface area (Å²) in [6.45, 7) is 2.56. The van der Waals surface area contributed by atoms with E-state index in [-0.39, 0.29) is 23.3 Å². The van der Waals surface area contributed by atoms with E-state index < -0.39 is 16.0 Å². The number of hydrogen-bond acceptors (Lipinski definition) is 3. The Balaban J connectivity index is 1.82. The van der Waals surface area contributed by atoms with Crippen LogP contribution in [0.2, 0.25) is 5.02 Å². The summed E-state index contributed by atoms with van der Waals surface area (Å²) >= 11 is 5.96. The number of halogens is 1. The molecule has 0 radical (unpaired) electrons. The predicted octanol–water partition coefficient (Wildman–Crippen LogP) is 4.73. The van der Waals surface area contributed by atoms with Gasteiger partial charge in [0.25, 0.3) is 0 Å². The molecule has 0 amide bonds. The van der Waals surface area contributed by atoms with E-state index in [2.05, 4.69) is 0 Å². The first kappa shape index (κ1) is 21.8. The zero-order chi connectivity index (χ0) is 21.0. The summed E-state index contributed by atoms with van der Waals surface area (Å²) in [5.74, 6) is -0.920. The Morgan fingerprint density at radius 2 is 1.62 bits per heavy atom. The number of aryl methyl sites for hydroxylation is 1. The van der Waals surface area contributed by atoms with Crippen LogP contribution in [0.1, 0.15) is 36.8 Å². The van der Waals surface area contributed by atoms with Crippen LogP contribution in [-0.4, -0.2) is 30.3 Å². The number of rotatable bonds is 7. The van der Waals surface area contributed by atoms with Crippen molar-refractivity contribution < 1.29 is 18.3 Å². The molecule has 0 atom stereocenters. The van der Waals surface area contributed by atoms with Gasteiger partial charge >= 0.3 is 5.97 Å². The molecule has 1 N–H and O–H groups in total. The largest absolute Gasteiger partial charge is 0.481 e. The van der Waals surface area contributed by atoms with Crippen LogP contribution in [0, 0.1) is 18.8 Å². The highest BCUT2D eigenvalue weighted by molar-refractivity contribution is 7.89. The minimum absolute atomic E-state index is 0.151. The Morgan fingerprint density at radius 1 is 1.03 bits per heavy atom. The molecule has 1 aliphatic rings. The smallest absolute Gasteiger partial charge is 0.306 e. The van der Waals surface area contributed by atoms with Crippen molar-refractivity contribution in [3.05, 3.63) is 64.7 Å². The third kappa shape index (κ3) is 5.59. The van der Waals surface area contributed by atoms with Crippen LogP contribution in [0.5, 0.6) is 0 Å². The number of benzene rings is 2. The van der Waals surface area contributed by atoms with Gasteiger partial charge in [0.15, 0.2) is 0 Å². The van der Waals surface area contributed by atoms with Crippen molar-refractivity contribution >= 4 is 27.6 Å². The lowest BCUT2D eigenvalue weighted by Crippen LogP contribution is -2.36. The highest BCUT2D eigenvalue weighted by Crippen LogP contribution is 2.31. The number of aliphatic carboxylic acids is 1. The molecule has 7 heteroatoms. The number of carboxylic acid groups (broad SMARTS) is 1. The number of nitrogens with zero attached hydrogens (tertiary/aromatic N) is 1. The van der Waals surface area contributed by atoms with Gasteiger partial charge in [-0.25, -0.2) is 8.42 Å². The molecule has 0 aliphatic heterocycles. The fourth-order valence-electron chi connectivity index (χ4n) is 3.78. The van der Waals surface area contributed by atoms with Gasteiger partial charge < -0.3 is 5.11 Å².